The van der Waals surface area contributed by atoms with Crippen LogP contribution in [0.1, 0.15) is 75.0 Å². The molecule has 0 heterocycles. The number of halogens is 10. The van der Waals surface area contributed by atoms with Crippen molar-refractivity contribution in [2.45, 2.75) is 70.6 Å². The first-order valence-corrected chi connectivity index (χ1v) is 16.0. The van der Waals surface area contributed by atoms with Crippen LogP contribution in [-0.4, -0.2) is 6.18 Å². The Hall–Kier alpha value is -4.64. The number of ether oxygens (including phenoxy) is 1. The Kier molecular flexibility index (Phi) is 11.1. The maximum Gasteiger partial charge on any atom is 0.458 e. The largest absolute Gasteiger partial charge is 0.458 e. The Labute approximate surface area is 282 Å². The molecular formula is C39H30F10O. The molecule has 0 saturated heterocycles. The summed E-state index contributed by atoms with van der Waals surface area (Å²) in [6.07, 6.45) is -1.07. The van der Waals surface area contributed by atoms with Gasteiger partial charge in [-0.2, -0.15) is 22.0 Å². The summed E-state index contributed by atoms with van der Waals surface area (Å²) < 4.78 is 146. The highest BCUT2D eigenvalue weighted by molar-refractivity contribution is 5.89. The lowest BCUT2D eigenvalue weighted by molar-refractivity contribution is -0.189. The second-order valence-electron chi connectivity index (χ2n) is 12.3. The van der Waals surface area contributed by atoms with E-state index in [4.69, 9.17) is 0 Å². The molecule has 11 heteroatoms. The number of benzene rings is 4. The van der Waals surface area contributed by atoms with Gasteiger partial charge in [-0.05, 0) is 78.9 Å². The molecule has 0 unspecified atom stereocenters. The first kappa shape index (κ1) is 36.6. The van der Waals surface area contributed by atoms with Crippen LogP contribution in [0.3, 0.4) is 0 Å². The zero-order valence-corrected chi connectivity index (χ0v) is 26.7. The second-order valence-corrected chi connectivity index (χ2v) is 12.3. The monoisotopic (exact) mass is 704 g/mol. The van der Waals surface area contributed by atoms with Gasteiger partial charge in [0.05, 0.1) is 5.56 Å². The van der Waals surface area contributed by atoms with Gasteiger partial charge in [0, 0.05) is 34.4 Å². The summed E-state index contributed by atoms with van der Waals surface area (Å²) in [5.41, 5.74) is -3.10. The third kappa shape index (κ3) is 8.74. The maximum atomic E-state index is 15.1. The Morgan fingerprint density at radius 1 is 0.740 bits per heavy atom. The molecule has 1 fully saturated rings. The Bertz CT molecular complexity index is 1980. The van der Waals surface area contributed by atoms with E-state index in [2.05, 4.69) is 23.5 Å². The van der Waals surface area contributed by atoms with E-state index in [1.807, 2.05) is 0 Å². The molecule has 1 aliphatic rings. The van der Waals surface area contributed by atoms with Crippen molar-refractivity contribution in [3.05, 3.63) is 100 Å². The molecule has 0 radical (unpaired) electrons. The zero-order valence-electron chi connectivity index (χ0n) is 26.7. The number of alkyl halides is 5. The van der Waals surface area contributed by atoms with E-state index >= 15 is 13.2 Å². The van der Waals surface area contributed by atoms with Gasteiger partial charge in [-0.3, -0.25) is 0 Å². The Morgan fingerprint density at radius 3 is 2.08 bits per heavy atom. The van der Waals surface area contributed by atoms with E-state index in [0.717, 1.165) is 68.4 Å². The van der Waals surface area contributed by atoms with E-state index in [1.54, 1.807) is 0 Å². The average Bonchev–Trinajstić information content (AvgIpc) is 3.03. The lowest BCUT2D eigenvalue weighted by Crippen LogP contribution is -2.25. The molecule has 0 N–H and O–H groups in total. The molecule has 0 bridgehead atoms. The van der Waals surface area contributed by atoms with Crippen molar-refractivity contribution in [2.24, 2.45) is 11.8 Å². The van der Waals surface area contributed by atoms with Gasteiger partial charge in [0.25, 0.3) is 0 Å². The topological polar surface area (TPSA) is 9.23 Å². The van der Waals surface area contributed by atoms with Crippen molar-refractivity contribution in [3.8, 4) is 40.6 Å². The molecular weight excluding hydrogens is 674 g/mol. The molecule has 4 aromatic rings. The SMILES string of the molecule is CCCCCC1CCC(C#Cc2cc(F)c(C(F)(F)Oc3ccc(-c4ccc5c(F)c(C#CC(F)(F)F)c(F)cc5c4)c(F)c3)c(F)c2)CC1. The number of unbranched alkanes of at least 4 members (excludes halogenated alkanes) is 2. The predicted molar refractivity (Wildman–Crippen MR) is 170 cm³/mol. The van der Waals surface area contributed by atoms with Crippen LogP contribution in [0, 0.1) is 64.6 Å². The average molecular weight is 705 g/mol. The van der Waals surface area contributed by atoms with Gasteiger partial charge in [-0.15, -0.1) is 0 Å². The van der Waals surface area contributed by atoms with Gasteiger partial charge in [-0.25, -0.2) is 22.0 Å². The van der Waals surface area contributed by atoms with Crippen LogP contribution >= 0.6 is 0 Å². The van der Waals surface area contributed by atoms with Gasteiger partial charge in [-0.1, -0.05) is 62.5 Å². The molecule has 0 spiro atoms. The van der Waals surface area contributed by atoms with Crippen molar-refractivity contribution in [1.82, 2.24) is 0 Å². The van der Waals surface area contributed by atoms with E-state index in [0.29, 0.717) is 24.1 Å². The van der Waals surface area contributed by atoms with Crippen LogP contribution in [0.15, 0.2) is 54.6 Å². The summed E-state index contributed by atoms with van der Waals surface area (Å²) >= 11 is 0. The normalized spacial score (nSPS) is 16.4. The van der Waals surface area contributed by atoms with Gasteiger partial charge in [0.1, 0.15) is 40.4 Å². The summed E-state index contributed by atoms with van der Waals surface area (Å²) in [6.45, 7) is 2.15. The van der Waals surface area contributed by atoms with Crippen LogP contribution < -0.4 is 4.74 Å². The third-order valence-electron chi connectivity index (χ3n) is 8.67. The minimum Gasteiger partial charge on any atom is -0.429 e. The van der Waals surface area contributed by atoms with E-state index in [-0.39, 0.29) is 33.4 Å². The summed E-state index contributed by atoms with van der Waals surface area (Å²) in [7, 11) is 0. The molecule has 0 amide bonds. The molecule has 1 saturated carbocycles. The maximum absolute atomic E-state index is 15.1. The molecule has 5 rings (SSSR count). The lowest BCUT2D eigenvalue weighted by atomic mass is 9.80. The molecule has 0 aromatic heterocycles. The molecule has 4 aromatic carbocycles. The van der Waals surface area contributed by atoms with Crippen LogP contribution in [-0.2, 0) is 6.11 Å². The van der Waals surface area contributed by atoms with Crippen molar-refractivity contribution in [3.63, 3.8) is 0 Å². The molecule has 50 heavy (non-hydrogen) atoms. The molecule has 0 atom stereocenters. The summed E-state index contributed by atoms with van der Waals surface area (Å²) in [6, 6.07) is 7.92. The molecule has 1 nitrogen and oxygen atoms in total. The van der Waals surface area contributed by atoms with Gasteiger partial charge < -0.3 is 4.74 Å². The number of fused-ring (bicyclic) bond motifs is 1. The molecule has 1 aliphatic carbocycles. The number of hydrogen-bond acceptors (Lipinski definition) is 1. The fraction of sp³-hybridized carbons (Fsp3) is 0.333. The minimum atomic E-state index is -4.98. The van der Waals surface area contributed by atoms with Crippen molar-refractivity contribution in [2.75, 3.05) is 0 Å². The van der Waals surface area contributed by atoms with Crippen LogP contribution in [0.4, 0.5) is 43.9 Å². The quantitative estimate of drug-likeness (QED) is 0.101. The summed E-state index contributed by atoms with van der Waals surface area (Å²) in [5.74, 6) is 0.770. The minimum absolute atomic E-state index is 0.0232. The fourth-order valence-corrected chi connectivity index (χ4v) is 6.13. The Morgan fingerprint density at radius 2 is 1.44 bits per heavy atom. The van der Waals surface area contributed by atoms with Crippen LogP contribution in [0.2, 0.25) is 0 Å². The standard InChI is InChI=1S/C39H30F10O/c1-2-3-4-5-23-6-8-24(9-7-23)10-11-25-18-34(42)36(35(43)19-25)39(48,49)50-28-13-15-29(33(41)22-28)26-12-14-30-27(20-26)21-32(40)31(37(30)44)16-17-38(45,46)47/h12-15,18-24H,2-9H2,1H3. The van der Waals surface area contributed by atoms with Crippen LogP contribution in [0.25, 0.3) is 21.9 Å². The molecule has 262 valence electrons. The smallest absolute Gasteiger partial charge is 0.429 e. The summed E-state index contributed by atoms with van der Waals surface area (Å²) in [4.78, 5) is 0. The highest BCUT2D eigenvalue weighted by Crippen LogP contribution is 2.38. The van der Waals surface area contributed by atoms with Gasteiger partial charge in [0.2, 0.25) is 0 Å². The highest BCUT2D eigenvalue weighted by atomic mass is 19.4. The third-order valence-corrected chi connectivity index (χ3v) is 8.67. The fourth-order valence-electron chi connectivity index (χ4n) is 6.13. The van der Waals surface area contributed by atoms with Gasteiger partial charge >= 0.3 is 12.3 Å². The van der Waals surface area contributed by atoms with Crippen molar-refractivity contribution < 1.29 is 48.6 Å². The van der Waals surface area contributed by atoms with Crippen LogP contribution in [0.5, 0.6) is 5.75 Å². The Balaban J connectivity index is 1.30. The zero-order chi connectivity index (χ0) is 36.2. The van der Waals surface area contributed by atoms with E-state index < -0.39 is 58.2 Å². The molecule has 0 aliphatic heterocycles. The van der Waals surface area contributed by atoms with Crippen molar-refractivity contribution in [1.29, 1.82) is 0 Å². The number of rotatable bonds is 8. The first-order chi connectivity index (χ1) is 23.6. The van der Waals surface area contributed by atoms with E-state index in [9.17, 15) is 30.7 Å². The number of hydrogen-bond donors (Lipinski definition) is 0. The summed E-state index contributed by atoms with van der Waals surface area (Å²) in [5, 5.41) is -0.450. The van der Waals surface area contributed by atoms with E-state index in [1.165, 1.54) is 31.2 Å². The second kappa shape index (κ2) is 15.1. The van der Waals surface area contributed by atoms with Gasteiger partial charge in [0.15, 0.2) is 0 Å². The highest BCUT2D eigenvalue weighted by Gasteiger charge is 2.41. The predicted octanol–water partition coefficient (Wildman–Crippen LogP) is 12.0. The lowest BCUT2D eigenvalue weighted by Gasteiger charge is -2.25. The first-order valence-electron chi connectivity index (χ1n) is 16.0. The van der Waals surface area contributed by atoms with Crippen molar-refractivity contribution >= 4 is 10.8 Å².